The molecule has 124 valence electrons. The van der Waals surface area contributed by atoms with Crippen molar-refractivity contribution in [1.82, 2.24) is 10.3 Å². The lowest BCUT2D eigenvalue weighted by atomic mass is 10.1. The van der Waals surface area contributed by atoms with Crippen molar-refractivity contribution >= 4 is 17.5 Å². The number of anilines is 1. The second-order valence-corrected chi connectivity index (χ2v) is 5.96. The highest BCUT2D eigenvalue weighted by Crippen LogP contribution is 2.28. The lowest BCUT2D eigenvalue weighted by Gasteiger charge is -2.28. The molecule has 0 aliphatic carbocycles. The number of hydrogen-bond acceptors (Lipinski definition) is 3. The van der Waals surface area contributed by atoms with Crippen molar-refractivity contribution in [3.8, 4) is 0 Å². The van der Waals surface area contributed by atoms with Gasteiger partial charge in [-0.2, -0.15) is 0 Å². The maximum Gasteiger partial charge on any atom is 0.243 e. The van der Waals surface area contributed by atoms with Crippen LogP contribution in [0.1, 0.15) is 31.0 Å². The first kappa shape index (κ1) is 16.2. The molecule has 2 heterocycles. The largest absolute Gasteiger partial charge is 0.349 e. The quantitative estimate of drug-likeness (QED) is 0.940. The van der Waals surface area contributed by atoms with E-state index < -0.39 is 6.04 Å². The summed E-state index contributed by atoms with van der Waals surface area (Å²) < 4.78 is 0. The predicted molar refractivity (Wildman–Crippen MR) is 92.4 cm³/mol. The lowest BCUT2D eigenvalue weighted by molar-refractivity contribution is -0.126. The number of benzene rings is 1. The molecule has 1 aromatic heterocycles. The van der Waals surface area contributed by atoms with Gasteiger partial charge in [0.1, 0.15) is 6.04 Å². The zero-order valence-corrected chi connectivity index (χ0v) is 13.7. The first-order chi connectivity index (χ1) is 11.7. The smallest absolute Gasteiger partial charge is 0.243 e. The van der Waals surface area contributed by atoms with Gasteiger partial charge >= 0.3 is 0 Å². The molecule has 0 saturated heterocycles. The fourth-order valence-electron chi connectivity index (χ4n) is 3.01. The predicted octanol–water partition coefficient (Wildman–Crippen LogP) is 2.46. The van der Waals surface area contributed by atoms with Crippen LogP contribution in [0.15, 0.2) is 48.7 Å². The molecule has 1 aromatic carbocycles. The van der Waals surface area contributed by atoms with Crippen molar-refractivity contribution in [3.63, 3.8) is 0 Å². The van der Waals surface area contributed by atoms with Crippen molar-refractivity contribution < 1.29 is 9.59 Å². The zero-order valence-electron chi connectivity index (χ0n) is 13.7. The van der Waals surface area contributed by atoms with E-state index in [4.69, 9.17) is 0 Å². The number of para-hydroxylation sites is 1. The SMILES string of the molecule is CC(C(=O)NCc1ccccn1)N1C(=O)CCCc2ccccc21. The summed E-state index contributed by atoms with van der Waals surface area (Å²) in [7, 11) is 0. The molecule has 1 aliphatic rings. The molecule has 2 aromatic rings. The van der Waals surface area contributed by atoms with Gasteiger partial charge < -0.3 is 5.32 Å². The van der Waals surface area contributed by atoms with Crippen LogP contribution in [-0.2, 0) is 22.6 Å². The number of carbonyl (C=O) groups excluding carboxylic acids is 2. The Bertz CT molecular complexity index is 730. The van der Waals surface area contributed by atoms with Crippen molar-refractivity contribution in [2.45, 2.75) is 38.8 Å². The van der Waals surface area contributed by atoms with Gasteiger partial charge in [-0.3, -0.25) is 19.5 Å². The molecular weight excluding hydrogens is 302 g/mol. The van der Waals surface area contributed by atoms with Gasteiger partial charge in [0.25, 0.3) is 0 Å². The number of amides is 2. The number of rotatable bonds is 4. The van der Waals surface area contributed by atoms with E-state index in [-0.39, 0.29) is 11.8 Å². The third-order valence-corrected chi connectivity index (χ3v) is 4.29. The molecule has 1 N–H and O–H groups in total. The summed E-state index contributed by atoms with van der Waals surface area (Å²) in [6.07, 6.45) is 3.83. The van der Waals surface area contributed by atoms with Crippen LogP contribution in [0, 0.1) is 0 Å². The van der Waals surface area contributed by atoms with Gasteiger partial charge in [-0.25, -0.2) is 0 Å². The minimum atomic E-state index is -0.555. The highest BCUT2D eigenvalue weighted by Gasteiger charge is 2.30. The van der Waals surface area contributed by atoms with E-state index in [1.807, 2.05) is 42.5 Å². The van der Waals surface area contributed by atoms with Gasteiger partial charge in [0, 0.05) is 18.3 Å². The molecule has 5 heteroatoms. The van der Waals surface area contributed by atoms with Gasteiger partial charge in [0.15, 0.2) is 0 Å². The van der Waals surface area contributed by atoms with Crippen LogP contribution in [0.2, 0.25) is 0 Å². The van der Waals surface area contributed by atoms with E-state index >= 15 is 0 Å². The average Bonchev–Trinajstić information content (AvgIpc) is 2.78. The maximum absolute atomic E-state index is 12.6. The molecule has 0 fully saturated rings. The van der Waals surface area contributed by atoms with Crippen LogP contribution in [0.3, 0.4) is 0 Å². The number of fused-ring (bicyclic) bond motifs is 1. The Balaban J connectivity index is 1.76. The van der Waals surface area contributed by atoms with Crippen LogP contribution in [0.4, 0.5) is 5.69 Å². The number of pyridine rings is 1. The summed E-state index contributed by atoms with van der Waals surface area (Å²) in [5, 5.41) is 2.87. The van der Waals surface area contributed by atoms with Gasteiger partial charge in [-0.1, -0.05) is 24.3 Å². The minimum Gasteiger partial charge on any atom is -0.349 e. The average molecular weight is 323 g/mol. The van der Waals surface area contributed by atoms with Crippen molar-refractivity contribution in [2.24, 2.45) is 0 Å². The fraction of sp³-hybridized carbons (Fsp3) is 0.316. The zero-order chi connectivity index (χ0) is 16.9. The summed E-state index contributed by atoms with van der Waals surface area (Å²) in [5.74, 6) is -0.175. The van der Waals surface area contributed by atoms with E-state index in [2.05, 4.69) is 10.3 Å². The molecule has 0 radical (unpaired) electrons. The molecule has 0 spiro atoms. The van der Waals surface area contributed by atoms with Crippen molar-refractivity contribution in [3.05, 3.63) is 59.9 Å². The Hall–Kier alpha value is -2.69. The van der Waals surface area contributed by atoms with Gasteiger partial charge in [0.2, 0.25) is 11.8 Å². The number of aryl methyl sites for hydroxylation is 1. The van der Waals surface area contributed by atoms with Crippen molar-refractivity contribution in [1.29, 1.82) is 0 Å². The van der Waals surface area contributed by atoms with E-state index in [9.17, 15) is 9.59 Å². The van der Waals surface area contributed by atoms with Crippen LogP contribution in [-0.4, -0.2) is 22.8 Å². The number of hydrogen-bond donors (Lipinski definition) is 1. The summed E-state index contributed by atoms with van der Waals surface area (Å²) in [5.41, 5.74) is 2.76. The third kappa shape index (κ3) is 3.45. The molecule has 0 saturated carbocycles. The van der Waals surface area contributed by atoms with Gasteiger partial charge in [-0.05, 0) is 43.5 Å². The Morgan fingerprint density at radius 3 is 2.79 bits per heavy atom. The Labute approximate surface area is 141 Å². The second-order valence-electron chi connectivity index (χ2n) is 5.96. The molecule has 1 unspecified atom stereocenters. The van der Waals surface area contributed by atoms with Crippen LogP contribution < -0.4 is 10.2 Å². The molecule has 0 bridgehead atoms. The second kappa shape index (κ2) is 7.25. The first-order valence-electron chi connectivity index (χ1n) is 8.24. The Morgan fingerprint density at radius 1 is 1.21 bits per heavy atom. The summed E-state index contributed by atoms with van der Waals surface area (Å²) in [6.45, 7) is 2.13. The first-order valence-corrected chi connectivity index (χ1v) is 8.24. The fourth-order valence-corrected chi connectivity index (χ4v) is 3.01. The molecule has 2 amide bonds. The minimum absolute atomic E-state index is 0.000404. The molecular formula is C19H21N3O2. The molecule has 24 heavy (non-hydrogen) atoms. The topological polar surface area (TPSA) is 62.3 Å². The monoisotopic (exact) mass is 323 g/mol. The normalized spacial score (nSPS) is 15.4. The molecule has 1 aliphatic heterocycles. The van der Waals surface area contributed by atoms with Crippen LogP contribution in [0.25, 0.3) is 0 Å². The number of nitrogens with one attached hydrogen (secondary N) is 1. The number of nitrogens with zero attached hydrogens (tertiary/aromatic N) is 2. The lowest BCUT2D eigenvalue weighted by Crippen LogP contribution is -2.48. The van der Waals surface area contributed by atoms with Crippen LogP contribution >= 0.6 is 0 Å². The van der Waals surface area contributed by atoms with Crippen molar-refractivity contribution in [2.75, 3.05) is 4.90 Å². The number of carbonyl (C=O) groups is 2. The van der Waals surface area contributed by atoms with Gasteiger partial charge in [0.05, 0.1) is 12.2 Å². The molecule has 3 rings (SSSR count). The van der Waals surface area contributed by atoms with E-state index in [0.29, 0.717) is 13.0 Å². The van der Waals surface area contributed by atoms with E-state index in [1.54, 1.807) is 18.0 Å². The molecule has 5 nitrogen and oxygen atoms in total. The van der Waals surface area contributed by atoms with Gasteiger partial charge in [-0.15, -0.1) is 0 Å². The Kier molecular flexibility index (Phi) is 4.89. The third-order valence-electron chi connectivity index (χ3n) is 4.29. The standard InChI is InChI=1S/C19H21N3O2/c1-14(19(24)21-13-16-9-4-5-12-20-16)22-17-10-3-2-7-15(17)8-6-11-18(22)23/h2-5,7,9-10,12,14H,6,8,11,13H2,1H3,(H,21,24). The van der Waals surface area contributed by atoms with Crippen LogP contribution in [0.5, 0.6) is 0 Å². The summed E-state index contributed by atoms with van der Waals surface area (Å²) in [4.78, 5) is 30.9. The van der Waals surface area contributed by atoms with E-state index in [0.717, 1.165) is 29.8 Å². The molecule has 1 atom stereocenters. The highest BCUT2D eigenvalue weighted by molar-refractivity contribution is 6.01. The maximum atomic E-state index is 12.6. The summed E-state index contributed by atoms with van der Waals surface area (Å²) in [6, 6.07) is 12.8. The number of aromatic nitrogens is 1. The highest BCUT2D eigenvalue weighted by atomic mass is 16.2. The Morgan fingerprint density at radius 2 is 2.00 bits per heavy atom. The van der Waals surface area contributed by atoms with E-state index in [1.165, 1.54) is 0 Å². The summed E-state index contributed by atoms with van der Waals surface area (Å²) >= 11 is 0.